The number of ether oxygens (including phenoxy) is 1. The van der Waals surface area contributed by atoms with E-state index in [9.17, 15) is 9.59 Å². The highest BCUT2D eigenvalue weighted by molar-refractivity contribution is 6.74. The molecule has 3 aliphatic heterocycles. The highest BCUT2D eigenvalue weighted by Gasteiger charge is 2.39. The van der Waals surface area contributed by atoms with Crippen molar-refractivity contribution in [3.8, 4) is 0 Å². The molecule has 1 aromatic heterocycles. The van der Waals surface area contributed by atoms with Crippen molar-refractivity contribution in [2.24, 2.45) is 0 Å². The van der Waals surface area contributed by atoms with Crippen LogP contribution >= 0.6 is 11.6 Å². The molecule has 0 radical (unpaired) electrons. The van der Waals surface area contributed by atoms with Gasteiger partial charge in [-0.3, -0.25) is 4.79 Å². The van der Waals surface area contributed by atoms with Crippen LogP contribution in [0.1, 0.15) is 51.5 Å². The first-order valence-corrected chi connectivity index (χ1v) is 17.6. The van der Waals surface area contributed by atoms with E-state index in [1.807, 2.05) is 15.9 Å². The lowest BCUT2D eigenvalue weighted by molar-refractivity contribution is -0.139. The SMILES string of the molecule is CC(C)(C)[Si](C)(C)OCCn1cc(C2CCN(C(=O)N3CCC4OCC(=O)NC4C3)CC2)c2cc(Cl)ccc21. The second-order valence-corrected chi connectivity index (χ2v) is 18.1. The molecule has 2 atom stereocenters. The summed E-state index contributed by atoms with van der Waals surface area (Å²) in [5, 5.41) is 5.12. The lowest BCUT2D eigenvalue weighted by Gasteiger charge is -2.43. The first-order chi connectivity index (χ1) is 18.4. The van der Waals surface area contributed by atoms with Gasteiger partial charge in [-0.2, -0.15) is 0 Å². The number of piperidine rings is 2. The highest BCUT2D eigenvalue weighted by atomic mass is 35.5. The Morgan fingerprint density at radius 3 is 2.59 bits per heavy atom. The number of amides is 3. The fraction of sp³-hybridized carbons (Fsp3) is 0.655. The predicted molar refractivity (Wildman–Crippen MR) is 157 cm³/mol. The molecule has 39 heavy (non-hydrogen) atoms. The van der Waals surface area contributed by atoms with E-state index in [1.54, 1.807) is 0 Å². The van der Waals surface area contributed by atoms with Gasteiger partial charge in [0.15, 0.2) is 8.32 Å². The van der Waals surface area contributed by atoms with Crippen molar-refractivity contribution in [1.82, 2.24) is 19.7 Å². The van der Waals surface area contributed by atoms with E-state index >= 15 is 0 Å². The van der Waals surface area contributed by atoms with E-state index in [0.29, 0.717) is 25.6 Å². The third kappa shape index (κ3) is 6.01. The van der Waals surface area contributed by atoms with Crippen LogP contribution in [0.2, 0.25) is 23.2 Å². The maximum Gasteiger partial charge on any atom is 0.320 e. The number of halogens is 1. The Hall–Kier alpha value is -2.07. The average molecular weight is 575 g/mol. The second-order valence-electron chi connectivity index (χ2n) is 12.9. The molecule has 3 amide bonds. The number of morpholine rings is 1. The van der Waals surface area contributed by atoms with E-state index < -0.39 is 8.32 Å². The Morgan fingerprint density at radius 2 is 1.87 bits per heavy atom. The standard InChI is InChI=1S/C29H43ClN4O4Si/c1-29(2,3)39(4,5)38-15-14-33-17-23(22-16-21(30)6-7-25(22)33)20-8-11-32(12-9-20)28(36)34-13-10-26-24(18-34)31-27(35)19-37-26/h6-7,16-17,20,24,26H,8-15,18-19H2,1-5H3,(H,31,35). The van der Waals surface area contributed by atoms with E-state index in [0.717, 1.165) is 43.9 Å². The van der Waals surface area contributed by atoms with Crippen molar-refractivity contribution in [3.05, 3.63) is 35.0 Å². The summed E-state index contributed by atoms with van der Waals surface area (Å²) in [6.45, 7) is 15.6. The molecule has 10 heteroatoms. The van der Waals surface area contributed by atoms with Gasteiger partial charge in [-0.15, -0.1) is 0 Å². The largest absolute Gasteiger partial charge is 0.415 e. The van der Waals surface area contributed by atoms with Crippen LogP contribution in [0.3, 0.4) is 0 Å². The van der Waals surface area contributed by atoms with Gasteiger partial charge in [0.2, 0.25) is 5.91 Å². The zero-order chi connectivity index (χ0) is 27.9. The molecule has 0 bridgehead atoms. The summed E-state index contributed by atoms with van der Waals surface area (Å²) in [4.78, 5) is 29.0. The summed E-state index contributed by atoms with van der Waals surface area (Å²) in [7, 11) is -1.81. The van der Waals surface area contributed by atoms with Crippen LogP contribution in [0.15, 0.2) is 24.4 Å². The number of likely N-dealkylation sites (tertiary alicyclic amines) is 2. The zero-order valence-electron chi connectivity index (χ0n) is 24.0. The van der Waals surface area contributed by atoms with E-state index in [-0.39, 0.29) is 35.7 Å². The Kier molecular flexibility index (Phi) is 8.08. The maximum absolute atomic E-state index is 13.3. The highest BCUT2D eigenvalue weighted by Crippen LogP contribution is 2.38. The second kappa shape index (κ2) is 11.1. The van der Waals surface area contributed by atoms with Crippen LogP contribution in [0.25, 0.3) is 10.9 Å². The summed E-state index contributed by atoms with van der Waals surface area (Å²) < 4.78 is 14.4. The normalized spacial score (nSPS) is 23.2. The molecule has 4 heterocycles. The Labute approximate surface area is 238 Å². The number of carbonyl (C=O) groups excluding carboxylic acids is 2. The molecule has 3 fully saturated rings. The zero-order valence-corrected chi connectivity index (χ0v) is 25.7. The summed E-state index contributed by atoms with van der Waals surface area (Å²) in [5.74, 6) is 0.270. The maximum atomic E-state index is 13.3. The average Bonchev–Trinajstić information content (AvgIpc) is 3.24. The lowest BCUT2D eigenvalue weighted by atomic mass is 9.89. The van der Waals surface area contributed by atoms with Crippen molar-refractivity contribution < 1.29 is 18.8 Å². The van der Waals surface area contributed by atoms with E-state index in [4.69, 9.17) is 20.8 Å². The van der Waals surface area contributed by atoms with Crippen LogP contribution in [0.4, 0.5) is 4.79 Å². The van der Waals surface area contributed by atoms with Crippen molar-refractivity contribution in [2.75, 3.05) is 39.4 Å². The third-order valence-electron chi connectivity index (χ3n) is 9.28. The third-order valence-corrected chi connectivity index (χ3v) is 14.0. The lowest BCUT2D eigenvalue weighted by Crippen LogP contribution is -2.62. The first-order valence-electron chi connectivity index (χ1n) is 14.3. The van der Waals surface area contributed by atoms with Gasteiger partial charge >= 0.3 is 6.03 Å². The molecule has 0 saturated carbocycles. The number of benzene rings is 1. The number of rotatable bonds is 5. The molecule has 1 N–H and O–H groups in total. The number of nitrogens with zero attached hydrogens (tertiary/aromatic N) is 3. The van der Waals surface area contributed by atoms with Gasteiger partial charge < -0.3 is 28.8 Å². The van der Waals surface area contributed by atoms with Gasteiger partial charge in [0.1, 0.15) is 6.61 Å². The number of urea groups is 1. The molecule has 0 aliphatic carbocycles. The van der Waals surface area contributed by atoms with Crippen LogP contribution in [0, 0.1) is 0 Å². The minimum atomic E-state index is -1.81. The molecule has 214 valence electrons. The van der Waals surface area contributed by atoms with Gasteiger partial charge in [0.05, 0.1) is 18.8 Å². The molecular weight excluding hydrogens is 532 g/mol. The molecule has 2 aromatic rings. The van der Waals surface area contributed by atoms with Crippen LogP contribution in [-0.4, -0.2) is 86.2 Å². The number of hydrogen-bond acceptors (Lipinski definition) is 4. The molecule has 1 aromatic carbocycles. The number of hydrogen-bond donors (Lipinski definition) is 1. The minimum Gasteiger partial charge on any atom is -0.415 e. The Morgan fingerprint density at radius 1 is 1.15 bits per heavy atom. The number of fused-ring (bicyclic) bond motifs is 2. The topological polar surface area (TPSA) is 76.0 Å². The molecule has 3 saturated heterocycles. The van der Waals surface area contributed by atoms with Gasteiger partial charge in [-0.1, -0.05) is 32.4 Å². The summed E-state index contributed by atoms with van der Waals surface area (Å²) in [6, 6.07) is 6.12. The molecule has 0 spiro atoms. The van der Waals surface area contributed by atoms with Crippen molar-refractivity contribution in [2.45, 2.75) is 82.8 Å². The number of aromatic nitrogens is 1. The minimum absolute atomic E-state index is 0.00825. The fourth-order valence-corrected chi connectivity index (χ4v) is 7.08. The van der Waals surface area contributed by atoms with Gasteiger partial charge in [0, 0.05) is 54.8 Å². The Balaban J connectivity index is 1.23. The molecular formula is C29H43ClN4O4Si. The van der Waals surface area contributed by atoms with Crippen LogP contribution in [-0.2, 0) is 20.5 Å². The van der Waals surface area contributed by atoms with Crippen molar-refractivity contribution >= 4 is 42.8 Å². The summed E-state index contributed by atoms with van der Waals surface area (Å²) >= 11 is 6.44. The Bertz CT molecular complexity index is 1220. The number of carbonyl (C=O) groups is 2. The predicted octanol–water partition coefficient (Wildman–Crippen LogP) is 5.21. The van der Waals surface area contributed by atoms with E-state index in [2.05, 4.69) is 62.1 Å². The summed E-state index contributed by atoms with van der Waals surface area (Å²) in [6.07, 6.45) is 4.88. The van der Waals surface area contributed by atoms with Crippen molar-refractivity contribution in [3.63, 3.8) is 0 Å². The molecule has 8 nitrogen and oxygen atoms in total. The van der Waals surface area contributed by atoms with Gasteiger partial charge in [0.25, 0.3) is 0 Å². The monoisotopic (exact) mass is 574 g/mol. The number of nitrogens with one attached hydrogen (secondary N) is 1. The fourth-order valence-electron chi connectivity index (χ4n) is 5.88. The van der Waals surface area contributed by atoms with Crippen LogP contribution < -0.4 is 5.32 Å². The quantitative estimate of drug-likeness (QED) is 0.498. The molecule has 3 aliphatic rings. The molecule has 2 unspecified atom stereocenters. The van der Waals surface area contributed by atoms with E-state index in [1.165, 1.54) is 16.5 Å². The van der Waals surface area contributed by atoms with Gasteiger partial charge in [-0.25, -0.2) is 4.79 Å². The van der Waals surface area contributed by atoms with Crippen molar-refractivity contribution in [1.29, 1.82) is 0 Å². The first kappa shape index (κ1) is 28.5. The summed E-state index contributed by atoms with van der Waals surface area (Å²) in [5.41, 5.74) is 2.50. The van der Waals surface area contributed by atoms with Gasteiger partial charge in [-0.05, 0) is 67.1 Å². The smallest absolute Gasteiger partial charge is 0.320 e. The van der Waals surface area contributed by atoms with Crippen LogP contribution in [0.5, 0.6) is 0 Å². The molecule has 5 rings (SSSR count).